The number of hydrogen-bond donors (Lipinski definition) is 1. The molecule has 4 nitrogen and oxygen atoms in total. The summed E-state index contributed by atoms with van der Waals surface area (Å²) in [7, 11) is 1.71. The van der Waals surface area contributed by atoms with E-state index < -0.39 is 0 Å². The van der Waals surface area contributed by atoms with Crippen molar-refractivity contribution in [3.05, 3.63) is 59.1 Å². The maximum atomic E-state index is 12.3. The maximum absolute atomic E-state index is 12.3. The molecule has 0 spiro atoms. The van der Waals surface area contributed by atoms with E-state index in [0.29, 0.717) is 29.4 Å². The molecule has 0 radical (unpaired) electrons. The molecule has 0 aliphatic carbocycles. The molecule has 2 N–H and O–H groups in total. The molecular formula is C16H17ClN2O2. The largest absolute Gasteiger partial charge is 0.492 e. The number of para-hydroxylation sites is 2. The predicted molar refractivity (Wildman–Crippen MR) is 84.8 cm³/mol. The van der Waals surface area contributed by atoms with Crippen molar-refractivity contribution >= 4 is 23.2 Å². The first-order valence-electron chi connectivity index (χ1n) is 6.57. The SMILES string of the molecule is CN(CCOc1ccccc1)C(=O)c1cccc(Cl)c1N. The third-order valence-electron chi connectivity index (χ3n) is 3.07. The van der Waals surface area contributed by atoms with E-state index in [1.54, 1.807) is 30.1 Å². The molecule has 0 aliphatic heterocycles. The fourth-order valence-electron chi connectivity index (χ4n) is 1.85. The molecule has 0 atom stereocenters. The Morgan fingerprint density at radius 1 is 1.19 bits per heavy atom. The van der Waals surface area contributed by atoms with Crippen LogP contribution in [-0.2, 0) is 0 Å². The number of carbonyl (C=O) groups is 1. The Morgan fingerprint density at radius 2 is 1.90 bits per heavy atom. The molecule has 0 saturated heterocycles. The van der Waals surface area contributed by atoms with Crippen LogP contribution in [0.4, 0.5) is 5.69 Å². The van der Waals surface area contributed by atoms with Crippen LogP contribution in [0.2, 0.25) is 5.02 Å². The minimum absolute atomic E-state index is 0.174. The number of benzene rings is 2. The quantitative estimate of drug-likeness (QED) is 0.864. The van der Waals surface area contributed by atoms with Gasteiger partial charge in [-0.3, -0.25) is 4.79 Å². The molecule has 2 aromatic carbocycles. The number of rotatable bonds is 5. The van der Waals surface area contributed by atoms with E-state index in [2.05, 4.69) is 0 Å². The van der Waals surface area contributed by atoms with Gasteiger partial charge in [0.05, 0.1) is 22.8 Å². The van der Waals surface area contributed by atoms with Crippen LogP contribution in [0.1, 0.15) is 10.4 Å². The van der Waals surface area contributed by atoms with Gasteiger partial charge in [0.2, 0.25) is 0 Å². The van der Waals surface area contributed by atoms with Crippen LogP contribution in [0.15, 0.2) is 48.5 Å². The molecule has 21 heavy (non-hydrogen) atoms. The molecule has 110 valence electrons. The molecule has 1 amide bonds. The standard InChI is InChI=1S/C16H17ClN2O2/c1-19(10-11-21-12-6-3-2-4-7-12)16(20)13-8-5-9-14(17)15(13)18/h2-9H,10-11,18H2,1H3. The van der Waals surface area contributed by atoms with Gasteiger partial charge in [0.25, 0.3) is 5.91 Å². The zero-order valence-electron chi connectivity index (χ0n) is 11.8. The summed E-state index contributed by atoms with van der Waals surface area (Å²) < 4.78 is 5.57. The van der Waals surface area contributed by atoms with Crippen LogP contribution in [-0.4, -0.2) is 31.0 Å². The molecule has 0 fully saturated rings. The fourth-order valence-corrected chi connectivity index (χ4v) is 2.02. The summed E-state index contributed by atoms with van der Waals surface area (Å²) in [6, 6.07) is 14.5. The number of nitrogens with two attached hydrogens (primary N) is 1. The lowest BCUT2D eigenvalue weighted by molar-refractivity contribution is 0.0775. The molecule has 0 aromatic heterocycles. The minimum Gasteiger partial charge on any atom is -0.492 e. The zero-order chi connectivity index (χ0) is 15.2. The molecule has 0 bridgehead atoms. The monoisotopic (exact) mass is 304 g/mol. The molecule has 0 saturated carbocycles. The summed E-state index contributed by atoms with van der Waals surface area (Å²) in [5.41, 5.74) is 6.54. The second-order valence-electron chi connectivity index (χ2n) is 4.59. The summed E-state index contributed by atoms with van der Waals surface area (Å²) in [6.45, 7) is 0.867. The van der Waals surface area contributed by atoms with Gasteiger partial charge in [-0.15, -0.1) is 0 Å². The van der Waals surface area contributed by atoms with Gasteiger partial charge in [0, 0.05) is 7.05 Å². The van der Waals surface area contributed by atoms with E-state index in [9.17, 15) is 4.79 Å². The molecule has 2 rings (SSSR count). The molecule has 0 unspecified atom stereocenters. The lowest BCUT2D eigenvalue weighted by atomic mass is 10.1. The smallest absolute Gasteiger partial charge is 0.255 e. The normalized spacial score (nSPS) is 10.2. The van der Waals surface area contributed by atoms with Gasteiger partial charge < -0.3 is 15.4 Å². The number of likely N-dealkylation sites (N-methyl/N-ethyl adjacent to an activating group) is 1. The topological polar surface area (TPSA) is 55.6 Å². The summed E-state index contributed by atoms with van der Waals surface area (Å²) in [5, 5.41) is 0.384. The van der Waals surface area contributed by atoms with Crippen molar-refractivity contribution < 1.29 is 9.53 Å². The van der Waals surface area contributed by atoms with E-state index in [1.165, 1.54) is 0 Å². The third-order valence-corrected chi connectivity index (χ3v) is 3.40. The fraction of sp³-hybridized carbons (Fsp3) is 0.188. The highest BCUT2D eigenvalue weighted by molar-refractivity contribution is 6.33. The van der Waals surface area contributed by atoms with Crippen LogP contribution >= 0.6 is 11.6 Å². The summed E-state index contributed by atoms with van der Waals surface area (Å²) in [5.74, 6) is 0.604. The molecule has 5 heteroatoms. The molecular weight excluding hydrogens is 288 g/mol. The van der Waals surface area contributed by atoms with Crippen molar-refractivity contribution in [1.29, 1.82) is 0 Å². The average molecular weight is 305 g/mol. The summed E-state index contributed by atoms with van der Waals surface area (Å²) >= 11 is 5.93. The first kappa shape index (κ1) is 15.2. The van der Waals surface area contributed by atoms with Gasteiger partial charge in [-0.05, 0) is 24.3 Å². The van der Waals surface area contributed by atoms with Crippen molar-refractivity contribution in [2.75, 3.05) is 25.9 Å². The van der Waals surface area contributed by atoms with E-state index in [-0.39, 0.29) is 5.91 Å². The second kappa shape index (κ2) is 6.99. The first-order chi connectivity index (χ1) is 10.1. The van der Waals surface area contributed by atoms with Crippen molar-refractivity contribution in [2.24, 2.45) is 0 Å². The van der Waals surface area contributed by atoms with Crippen molar-refractivity contribution in [1.82, 2.24) is 4.90 Å². The molecule has 0 heterocycles. The Kier molecular flexibility index (Phi) is 5.06. The number of nitrogen functional groups attached to an aromatic ring is 1. The van der Waals surface area contributed by atoms with Crippen molar-refractivity contribution in [2.45, 2.75) is 0 Å². The number of ether oxygens (including phenoxy) is 1. The maximum Gasteiger partial charge on any atom is 0.255 e. The summed E-state index contributed by atoms with van der Waals surface area (Å²) in [6.07, 6.45) is 0. The van der Waals surface area contributed by atoms with Gasteiger partial charge >= 0.3 is 0 Å². The Labute approximate surface area is 129 Å². The number of halogens is 1. The Hall–Kier alpha value is -2.20. The number of anilines is 1. The van der Waals surface area contributed by atoms with Crippen LogP contribution in [0.3, 0.4) is 0 Å². The van der Waals surface area contributed by atoms with Gasteiger partial charge in [0.15, 0.2) is 0 Å². The van der Waals surface area contributed by atoms with Crippen LogP contribution in [0.25, 0.3) is 0 Å². The zero-order valence-corrected chi connectivity index (χ0v) is 12.5. The molecule has 2 aromatic rings. The van der Waals surface area contributed by atoms with Crippen LogP contribution in [0.5, 0.6) is 5.75 Å². The number of carbonyl (C=O) groups excluding carboxylic acids is 1. The van der Waals surface area contributed by atoms with Gasteiger partial charge in [-0.1, -0.05) is 35.9 Å². The van der Waals surface area contributed by atoms with E-state index in [0.717, 1.165) is 5.75 Å². The van der Waals surface area contributed by atoms with E-state index in [4.69, 9.17) is 22.1 Å². The highest BCUT2D eigenvalue weighted by Crippen LogP contribution is 2.23. The Bertz CT molecular complexity index is 617. The lowest BCUT2D eigenvalue weighted by Crippen LogP contribution is -2.31. The summed E-state index contributed by atoms with van der Waals surface area (Å²) in [4.78, 5) is 13.9. The van der Waals surface area contributed by atoms with Crippen molar-refractivity contribution in [3.8, 4) is 5.75 Å². The average Bonchev–Trinajstić information content (AvgIpc) is 2.50. The lowest BCUT2D eigenvalue weighted by Gasteiger charge is -2.18. The Morgan fingerprint density at radius 3 is 2.62 bits per heavy atom. The molecule has 0 aliphatic rings. The van der Waals surface area contributed by atoms with Gasteiger partial charge in [-0.25, -0.2) is 0 Å². The van der Waals surface area contributed by atoms with Gasteiger partial charge in [-0.2, -0.15) is 0 Å². The minimum atomic E-state index is -0.174. The number of amides is 1. The number of hydrogen-bond acceptors (Lipinski definition) is 3. The number of nitrogens with zero attached hydrogens (tertiary/aromatic N) is 1. The van der Waals surface area contributed by atoms with E-state index in [1.807, 2.05) is 30.3 Å². The van der Waals surface area contributed by atoms with E-state index >= 15 is 0 Å². The predicted octanol–water partition coefficient (Wildman–Crippen LogP) is 3.07. The Balaban J connectivity index is 1.92. The van der Waals surface area contributed by atoms with Crippen LogP contribution < -0.4 is 10.5 Å². The first-order valence-corrected chi connectivity index (χ1v) is 6.94. The third kappa shape index (κ3) is 3.89. The van der Waals surface area contributed by atoms with Crippen molar-refractivity contribution in [3.63, 3.8) is 0 Å². The van der Waals surface area contributed by atoms with Crippen LogP contribution in [0, 0.1) is 0 Å². The highest BCUT2D eigenvalue weighted by atomic mass is 35.5. The van der Waals surface area contributed by atoms with Gasteiger partial charge in [0.1, 0.15) is 12.4 Å². The highest BCUT2D eigenvalue weighted by Gasteiger charge is 2.15. The second-order valence-corrected chi connectivity index (χ2v) is 5.00.